The molecule has 0 unspecified atom stereocenters. The van der Waals surface area contributed by atoms with E-state index in [1.807, 2.05) is 0 Å². The molecule has 2 saturated carbocycles. The minimum atomic E-state index is -4.82. The summed E-state index contributed by atoms with van der Waals surface area (Å²) in [5, 5.41) is 14.0. The van der Waals surface area contributed by atoms with Gasteiger partial charge in [-0.15, -0.1) is 0 Å². The van der Waals surface area contributed by atoms with Gasteiger partial charge in [0.15, 0.2) is 5.69 Å². The molecule has 1 amide bonds. The fourth-order valence-corrected chi connectivity index (χ4v) is 6.52. The molecule has 12 heteroatoms. The van der Waals surface area contributed by atoms with Gasteiger partial charge in [-0.3, -0.25) is 19.3 Å². The van der Waals surface area contributed by atoms with Crippen LogP contribution in [0.2, 0.25) is 10.0 Å². The summed E-state index contributed by atoms with van der Waals surface area (Å²) in [7, 11) is 0. The molecular weight excluding hydrogens is 568 g/mol. The summed E-state index contributed by atoms with van der Waals surface area (Å²) < 4.78 is 44.3. The van der Waals surface area contributed by atoms with Gasteiger partial charge in [-0.25, -0.2) is 0 Å². The first-order valence-electron chi connectivity index (χ1n) is 13.7. The molecule has 1 N–H and O–H groups in total. The number of aliphatic carboxylic acids is 1. The normalized spacial score (nSPS) is 21.8. The lowest BCUT2D eigenvalue weighted by atomic mass is 9.73. The topological polar surface area (TPSA) is 88.3 Å². The number of pyridine rings is 1. The standard InChI is InChI=1S/C28H35Cl2F3N4O3/c1-27(2)10-7-17(8-11-27)16-36(12-9-20-22(29)14-34-15-23(20)30)25(38)21-13-35-37(24(21)28(31,32)33)19-5-3-18(4-6-19)26(39)40/h13-15,17-19H,3-12,16H2,1-2H3,(H,39,40)/t18-,19-. The van der Waals surface area contributed by atoms with Crippen molar-refractivity contribution in [2.45, 2.75) is 83.9 Å². The Morgan fingerprint density at radius 3 is 2.20 bits per heavy atom. The first kappa shape index (κ1) is 30.6. The Bertz CT molecular complexity index is 1200. The molecule has 2 aliphatic carbocycles. The van der Waals surface area contributed by atoms with Crippen LogP contribution >= 0.6 is 23.2 Å². The van der Waals surface area contributed by atoms with E-state index < -0.39 is 41.3 Å². The second-order valence-electron chi connectivity index (χ2n) is 11.9. The molecule has 2 aromatic heterocycles. The van der Waals surface area contributed by atoms with Crippen molar-refractivity contribution >= 4 is 35.1 Å². The molecule has 4 rings (SSSR count). The van der Waals surface area contributed by atoms with Crippen LogP contribution in [0.25, 0.3) is 0 Å². The third kappa shape index (κ3) is 7.11. The molecule has 0 saturated heterocycles. The van der Waals surface area contributed by atoms with Gasteiger partial charge in [-0.05, 0) is 74.7 Å². The summed E-state index contributed by atoms with van der Waals surface area (Å²) in [6, 6.07) is -0.628. The summed E-state index contributed by atoms with van der Waals surface area (Å²) in [6.45, 7) is 4.86. The number of aromatic nitrogens is 3. The van der Waals surface area contributed by atoms with Crippen LogP contribution in [0.15, 0.2) is 18.6 Å². The van der Waals surface area contributed by atoms with Crippen molar-refractivity contribution in [3.63, 3.8) is 0 Å². The highest BCUT2D eigenvalue weighted by Gasteiger charge is 2.43. The predicted molar refractivity (Wildman–Crippen MR) is 145 cm³/mol. The number of alkyl halides is 3. The Morgan fingerprint density at radius 2 is 1.65 bits per heavy atom. The Morgan fingerprint density at radius 1 is 1.05 bits per heavy atom. The van der Waals surface area contributed by atoms with Crippen LogP contribution in [0, 0.1) is 17.3 Å². The van der Waals surface area contributed by atoms with Crippen molar-refractivity contribution in [2.75, 3.05) is 13.1 Å². The molecule has 40 heavy (non-hydrogen) atoms. The number of carboxylic acids is 1. The highest BCUT2D eigenvalue weighted by Crippen LogP contribution is 2.41. The number of nitrogens with zero attached hydrogens (tertiary/aromatic N) is 4. The number of amides is 1. The predicted octanol–water partition coefficient (Wildman–Crippen LogP) is 7.32. The highest BCUT2D eigenvalue weighted by atomic mass is 35.5. The maximum Gasteiger partial charge on any atom is 0.433 e. The maximum absolute atomic E-state index is 14.5. The van der Waals surface area contributed by atoms with E-state index in [-0.39, 0.29) is 50.0 Å². The quantitative estimate of drug-likeness (QED) is 0.342. The summed E-state index contributed by atoms with van der Waals surface area (Å²) in [5.74, 6) is -2.09. The third-order valence-electron chi connectivity index (χ3n) is 8.49. The summed E-state index contributed by atoms with van der Waals surface area (Å²) in [5.41, 5.74) is -0.780. The fraction of sp³-hybridized carbons (Fsp3) is 0.643. The van der Waals surface area contributed by atoms with Crippen LogP contribution in [0.4, 0.5) is 13.2 Å². The molecule has 2 aromatic rings. The van der Waals surface area contributed by atoms with Crippen molar-refractivity contribution in [3.05, 3.63) is 45.5 Å². The smallest absolute Gasteiger partial charge is 0.433 e. The summed E-state index contributed by atoms with van der Waals surface area (Å²) in [4.78, 5) is 30.6. The van der Waals surface area contributed by atoms with Gasteiger partial charge < -0.3 is 10.0 Å². The monoisotopic (exact) mass is 602 g/mol. The van der Waals surface area contributed by atoms with Crippen LogP contribution in [-0.4, -0.2) is 49.7 Å². The number of carboxylic acid groups (broad SMARTS) is 1. The maximum atomic E-state index is 14.5. The average Bonchev–Trinajstić information content (AvgIpc) is 3.34. The number of carbonyl (C=O) groups excluding carboxylic acids is 1. The number of hydrogen-bond acceptors (Lipinski definition) is 4. The van der Waals surface area contributed by atoms with E-state index >= 15 is 0 Å². The van der Waals surface area contributed by atoms with Gasteiger partial charge >= 0.3 is 12.1 Å². The van der Waals surface area contributed by atoms with Crippen molar-refractivity contribution < 1.29 is 27.9 Å². The Kier molecular flexibility index (Phi) is 9.39. The summed E-state index contributed by atoms with van der Waals surface area (Å²) >= 11 is 12.6. The summed E-state index contributed by atoms with van der Waals surface area (Å²) in [6.07, 6.45) is 4.09. The molecule has 7 nitrogen and oxygen atoms in total. The van der Waals surface area contributed by atoms with Crippen LogP contribution < -0.4 is 0 Å². The van der Waals surface area contributed by atoms with Crippen LogP contribution in [0.1, 0.15) is 92.9 Å². The molecule has 2 aliphatic rings. The lowest BCUT2D eigenvalue weighted by Crippen LogP contribution is -2.39. The van der Waals surface area contributed by atoms with E-state index in [2.05, 4.69) is 23.9 Å². The van der Waals surface area contributed by atoms with E-state index in [9.17, 15) is 27.9 Å². The van der Waals surface area contributed by atoms with E-state index in [1.54, 1.807) is 0 Å². The SMILES string of the molecule is CC1(C)CCC(CN(CCc2c(Cl)cncc2Cl)C(=O)c2cnn([C@H]3CC[C@H](C(=O)O)CC3)c2C(F)(F)F)CC1. The number of rotatable bonds is 8. The Labute approximate surface area is 242 Å². The number of halogens is 5. The Balaban J connectivity index is 1.61. The first-order chi connectivity index (χ1) is 18.8. The Hall–Kier alpha value is -2.33. The van der Waals surface area contributed by atoms with Crippen LogP contribution in [0.3, 0.4) is 0 Å². The minimum absolute atomic E-state index is 0.133. The van der Waals surface area contributed by atoms with Crippen LogP contribution in [0.5, 0.6) is 0 Å². The second kappa shape index (κ2) is 12.3. The molecule has 220 valence electrons. The molecule has 0 spiro atoms. The third-order valence-corrected chi connectivity index (χ3v) is 9.15. The lowest BCUT2D eigenvalue weighted by molar-refractivity contribution is -0.147. The highest BCUT2D eigenvalue weighted by molar-refractivity contribution is 6.35. The lowest BCUT2D eigenvalue weighted by Gasteiger charge is -2.37. The van der Waals surface area contributed by atoms with Gasteiger partial charge in [0.25, 0.3) is 5.91 Å². The first-order valence-corrected chi connectivity index (χ1v) is 14.5. The molecule has 0 radical (unpaired) electrons. The van der Waals surface area contributed by atoms with Crippen molar-refractivity contribution in [1.82, 2.24) is 19.7 Å². The van der Waals surface area contributed by atoms with Gasteiger partial charge in [-0.2, -0.15) is 18.3 Å². The van der Waals surface area contributed by atoms with E-state index in [1.165, 1.54) is 17.3 Å². The van der Waals surface area contributed by atoms with E-state index in [4.69, 9.17) is 23.2 Å². The molecule has 0 atom stereocenters. The minimum Gasteiger partial charge on any atom is -0.481 e. The molecule has 0 aromatic carbocycles. The second-order valence-corrected chi connectivity index (χ2v) is 12.7. The zero-order valence-electron chi connectivity index (χ0n) is 22.7. The van der Waals surface area contributed by atoms with E-state index in [0.717, 1.165) is 36.6 Å². The van der Waals surface area contributed by atoms with Gasteiger partial charge in [-0.1, -0.05) is 37.0 Å². The molecule has 2 heterocycles. The molecular formula is C28H35Cl2F3N4O3. The fourth-order valence-electron chi connectivity index (χ4n) is 5.97. The van der Waals surface area contributed by atoms with E-state index in [0.29, 0.717) is 22.2 Å². The van der Waals surface area contributed by atoms with Gasteiger partial charge in [0, 0.05) is 25.5 Å². The van der Waals surface area contributed by atoms with Crippen molar-refractivity contribution in [1.29, 1.82) is 0 Å². The average molecular weight is 604 g/mol. The largest absolute Gasteiger partial charge is 0.481 e. The van der Waals surface area contributed by atoms with Crippen molar-refractivity contribution in [3.8, 4) is 0 Å². The zero-order chi connectivity index (χ0) is 29.2. The van der Waals surface area contributed by atoms with Crippen LogP contribution in [-0.2, 0) is 17.4 Å². The number of hydrogen-bond donors (Lipinski definition) is 1. The van der Waals surface area contributed by atoms with Gasteiger partial charge in [0.2, 0.25) is 0 Å². The van der Waals surface area contributed by atoms with Gasteiger partial charge in [0.1, 0.15) is 0 Å². The zero-order valence-corrected chi connectivity index (χ0v) is 24.2. The molecule has 0 aliphatic heterocycles. The molecule has 2 fully saturated rings. The van der Waals surface area contributed by atoms with Crippen molar-refractivity contribution in [2.24, 2.45) is 17.3 Å². The molecule has 0 bridgehead atoms. The van der Waals surface area contributed by atoms with Gasteiger partial charge in [0.05, 0.1) is 33.8 Å². The number of carbonyl (C=O) groups is 2.